The quantitative estimate of drug-likeness (QED) is 0.940. The van der Waals surface area contributed by atoms with Crippen molar-refractivity contribution >= 4 is 32.9 Å². The first-order valence-corrected chi connectivity index (χ1v) is 5.70. The molecule has 2 rings (SSSR count). The minimum absolute atomic E-state index is 0.109. The number of carbonyl (C=O) groups is 1. The Morgan fingerprint density at radius 2 is 2.31 bits per heavy atom. The zero-order valence-corrected chi connectivity index (χ0v) is 10.4. The first-order valence-electron chi connectivity index (χ1n) is 4.90. The van der Waals surface area contributed by atoms with Gasteiger partial charge >= 0.3 is 5.97 Å². The molecule has 84 valence electrons. The van der Waals surface area contributed by atoms with Gasteiger partial charge in [-0.1, -0.05) is 15.9 Å². The molecule has 0 atom stereocenters. The van der Waals surface area contributed by atoms with Gasteiger partial charge in [-0.25, -0.2) is 4.98 Å². The zero-order valence-electron chi connectivity index (χ0n) is 8.77. The van der Waals surface area contributed by atoms with Crippen LogP contribution in [0.15, 0.2) is 22.7 Å². The van der Waals surface area contributed by atoms with Crippen molar-refractivity contribution in [3.63, 3.8) is 0 Å². The topological polar surface area (TPSA) is 55.1 Å². The van der Waals surface area contributed by atoms with E-state index in [0.29, 0.717) is 6.42 Å². The van der Waals surface area contributed by atoms with Crippen molar-refractivity contribution in [1.29, 1.82) is 0 Å². The van der Waals surface area contributed by atoms with E-state index in [1.54, 1.807) is 0 Å². The van der Waals surface area contributed by atoms with Crippen LogP contribution in [0.1, 0.15) is 12.2 Å². The molecule has 0 amide bonds. The largest absolute Gasteiger partial charge is 0.481 e. The van der Waals surface area contributed by atoms with Crippen molar-refractivity contribution in [2.75, 3.05) is 0 Å². The number of fused-ring (bicyclic) bond motifs is 1. The Kier molecular flexibility index (Phi) is 2.96. The molecule has 0 aliphatic heterocycles. The van der Waals surface area contributed by atoms with Crippen LogP contribution in [-0.4, -0.2) is 20.6 Å². The van der Waals surface area contributed by atoms with Crippen LogP contribution < -0.4 is 0 Å². The number of hydrogen-bond acceptors (Lipinski definition) is 2. The van der Waals surface area contributed by atoms with E-state index in [4.69, 9.17) is 5.11 Å². The number of aryl methyl sites for hydroxylation is 2. The summed E-state index contributed by atoms with van der Waals surface area (Å²) in [7, 11) is 1.90. The normalized spacial score (nSPS) is 10.9. The van der Waals surface area contributed by atoms with Crippen LogP contribution in [0.2, 0.25) is 0 Å². The van der Waals surface area contributed by atoms with Gasteiger partial charge < -0.3 is 9.67 Å². The molecule has 0 aliphatic carbocycles. The third-order valence-corrected chi connectivity index (χ3v) is 2.99. The van der Waals surface area contributed by atoms with Crippen LogP contribution in [0.5, 0.6) is 0 Å². The van der Waals surface area contributed by atoms with Crippen molar-refractivity contribution in [2.24, 2.45) is 7.05 Å². The molecule has 1 heterocycles. The average molecular weight is 283 g/mol. The van der Waals surface area contributed by atoms with E-state index in [9.17, 15) is 4.79 Å². The maximum absolute atomic E-state index is 10.5. The van der Waals surface area contributed by atoms with Crippen LogP contribution in [-0.2, 0) is 18.3 Å². The number of carboxylic acid groups (broad SMARTS) is 1. The number of hydrogen-bond donors (Lipinski definition) is 1. The summed E-state index contributed by atoms with van der Waals surface area (Å²) in [6.45, 7) is 0. The van der Waals surface area contributed by atoms with Gasteiger partial charge in [0, 0.05) is 17.9 Å². The number of aromatic nitrogens is 2. The van der Waals surface area contributed by atoms with Gasteiger partial charge in [0.15, 0.2) is 0 Å². The number of nitrogens with zero attached hydrogens (tertiary/aromatic N) is 2. The molecule has 1 aromatic heterocycles. The maximum atomic E-state index is 10.5. The highest BCUT2D eigenvalue weighted by atomic mass is 79.9. The Bertz CT molecular complexity index is 548. The van der Waals surface area contributed by atoms with Crippen LogP contribution in [0.3, 0.4) is 0 Å². The Morgan fingerprint density at radius 1 is 1.56 bits per heavy atom. The lowest BCUT2D eigenvalue weighted by Crippen LogP contribution is -2.03. The number of benzene rings is 1. The van der Waals surface area contributed by atoms with Gasteiger partial charge in [-0.15, -0.1) is 0 Å². The van der Waals surface area contributed by atoms with Crippen molar-refractivity contribution in [1.82, 2.24) is 9.55 Å². The van der Waals surface area contributed by atoms with Crippen molar-refractivity contribution in [3.05, 3.63) is 28.5 Å². The van der Waals surface area contributed by atoms with E-state index in [1.807, 2.05) is 29.8 Å². The monoisotopic (exact) mass is 282 g/mol. The minimum atomic E-state index is -0.798. The molecule has 1 N–H and O–H groups in total. The molecular formula is C11H11BrN2O2. The minimum Gasteiger partial charge on any atom is -0.481 e. The first kappa shape index (κ1) is 11.1. The van der Waals surface area contributed by atoms with E-state index < -0.39 is 5.97 Å². The smallest absolute Gasteiger partial charge is 0.303 e. The van der Waals surface area contributed by atoms with Crippen LogP contribution in [0.4, 0.5) is 0 Å². The van der Waals surface area contributed by atoms with Gasteiger partial charge in [0.2, 0.25) is 0 Å². The summed E-state index contributed by atoms with van der Waals surface area (Å²) >= 11 is 3.39. The first-order chi connectivity index (χ1) is 7.58. The number of imidazole rings is 1. The summed E-state index contributed by atoms with van der Waals surface area (Å²) in [6, 6.07) is 5.85. The summed E-state index contributed by atoms with van der Waals surface area (Å²) in [5.74, 6) is 0.00346. The highest BCUT2D eigenvalue weighted by Gasteiger charge is 2.09. The highest BCUT2D eigenvalue weighted by molar-refractivity contribution is 9.10. The molecule has 4 nitrogen and oxygen atoms in total. The highest BCUT2D eigenvalue weighted by Crippen LogP contribution is 2.20. The maximum Gasteiger partial charge on any atom is 0.303 e. The molecule has 0 saturated heterocycles. The van der Waals surface area contributed by atoms with E-state index in [0.717, 1.165) is 21.3 Å². The SMILES string of the molecule is Cn1c(CCC(=O)O)nc2cc(Br)ccc21. The molecule has 5 heteroatoms. The summed E-state index contributed by atoms with van der Waals surface area (Å²) in [4.78, 5) is 14.9. The average Bonchev–Trinajstić information content (AvgIpc) is 2.52. The molecule has 0 spiro atoms. The lowest BCUT2D eigenvalue weighted by atomic mass is 10.3. The molecule has 0 aliphatic rings. The van der Waals surface area contributed by atoms with Gasteiger partial charge in [0.1, 0.15) is 5.82 Å². The Morgan fingerprint density at radius 3 is 3.00 bits per heavy atom. The third kappa shape index (κ3) is 2.09. The third-order valence-electron chi connectivity index (χ3n) is 2.50. The lowest BCUT2D eigenvalue weighted by molar-refractivity contribution is -0.137. The fourth-order valence-corrected chi connectivity index (χ4v) is 2.01. The molecule has 2 aromatic rings. The van der Waals surface area contributed by atoms with Gasteiger partial charge in [-0.2, -0.15) is 0 Å². The fraction of sp³-hybridized carbons (Fsp3) is 0.273. The predicted molar refractivity (Wildman–Crippen MR) is 64.4 cm³/mol. The molecule has 0 fully saturated rings. The molecule has 0 saturated carbocycles. The number of carboxylic acids is 1. The summed E-state index contributed by atoms with van der Waals surface area (Å²) in [6.07, 6.45) is 0.566. The van der Waals surface area contributed by atoms with Crippen molar-refractivity contribution in [3.8, 4) is 0 Å². The van der Waals surface area contributed by atoms with E-state index >= 15 is 0 Å². The van der Waals surface area contributed by atoms with Gasteiger partial charge in [-0.05, 0) is 18.2 Å². The second kappa shape index (κ2) is 4.25. The van der Waals surface area contributed by atoms with E-state index in [2.05, 4.69) is 20.9 Å². The Hall–Kier alpha value is -1.36. The summed E-state index contributed by atoms with van der Waals surface area (Å²) in [5, 5.41) is 8.64. The van der Waals surface area contributed by atoms with Gasteiger partial charge in [-0.3, -0.25) is 4.79 Å². The molecule has 1 aromatic carbocycles. The summed E-state index contributed by atoms with van der Waals surface area (Å²) < 4.78 is 2.91. The standard InChI is InChI=1S/C11H11BrN2O2/c1-14-9-3-2-7(12)6-8(9)13-10(14)4-5-11(15)16/h2-3,6H,4-5H2,1H3,(H,15,16). The second-order valence-corrected chi connectivity index (χ2v) is 4.53. The molecule has 0 radical (unpaired) electrons. The molecular weight excluding hydrogens is 272 g/mol. The fourth-order valence-electron chi connectivity index (χ4n) is 1.67. The molecule has 0 bridgehead atoms. The second-order valence-electron chi connectivity index (χ2n) is 3.61. The Balaban J connectivity index is 2.39. The van der Waals surface area contributed by atoms with Gasteiger partial charge in [0.05, 0.1) is 17.5 Å². The molecule has 0 unspecified atom stereocenters. The van der Waals surface area contributed by atoms with Crippen molar-refractivity contribution < 1.29 is 9.90 Å². The van der Waals surface area contributed by atoms with E-state index in [1.165, 1.54) is 0 Å². The van der Waals surface area contributed by atoms with Crippen molar-refractivity contribution in [2.45, 2.75) is 12.8 Å². The van der Waals surface area contributed by atoms with Crippen LogP contribution in [0.25, 0.3) is 11.0 Å². The van der Waals surface area contributed by atoms with Crippen LogP contribution in [0, 0.1) is 0 Å². The lowest BCUT2D eigenvalue weighted by Gasteiger charge is -1.99. The predicted octanol–water partition coefficient (Wildman–Crippen LogP) is 2.35. The zero-order chi connectivity index (χ0) is 11.7. The van der Waals surface area contributed by atoms with E-state index in [-0.39, 0.29) is 6.42 Å². The van der Waals surface area contributed by atoms with Crippen LogP contribution >= 0.6 is 15.9 Å². The molecule has 16 heavy (non-hydrogen) atoms. The number of halogens is 1. The Labute approximate surface area is 101 Å². The summed E-state index contributed by atoms with van der Waals surface area (Å²) in [5.41, 5.74) is 1.90. The van der Waals surface area contributed by atoms with Gasteiger partial charge in [0.25, 0.3) is 0 Å². The number of aliphatic carboxylic acids is 1. The number of rotatable bonds is 3.